The van der Waals surface area contributed by atoms with Gasteiger partial charge < -0.3 is 14.2 Å². The molecule has 7 nitrogen and oxygen atoms in total. The van der Waals surface area contributed by atoms with Gasteiger partial charge in [-0.15, -0.1) is 16.2 Å². The van der Waals surface area contributed by atoms with E-state index in [0.29, 0.717) is 5.75 Å². The SMILES string of the molecule is CCN(CC)CCn1cnc(-c2cc3nccc(Oc4ccc(N=O)cc4F)c3s2)c1. The molecule has 9 heteroatoms. The number of ether oxygens (including phenoxy) is 1. The molecule has 3 aromatic heterocycles. The normalized spacial score (nSPS) is 11.4. The summed E-state index contributed by atoms with van der Waals surface area (Å²) in [5.74, 6) is -0.130. The predicted octanol–water partition coefficient (Wildman–Crippen LogP) is 5.83. The Balaban J connectivity index is 1.57. The molecule has 0 amide bonds. The second-order valence-electron chi connectivity index (χ2n) is 6.97. The number of nitroso groups, excluding NO2 is 1. The maximum atomic E-state index is 14.2. The van der Waals surface area contributed by atoms with Crippen LogP contribution in [0.4, 0.5) is 10.1 Å². The number of nitrogens with zero attached hydrogens (tertiary/aromatic N) is 5. The summed E-state index contributed by atoms with van der Waals surface area (Å²) in [6, 6.07) is 7.50. The maximum absolute atomic E-state index is 14.2. The highest BCUT2D eigenvalue weighted by Gasteiger charge is 2.14. The number of hydrogen-bond acceptors (Lipinski definition) is 7. The lowest BCUT2D eigenvalue weighted by Crippen LogP contribution is -2.26. The van der Waals surface area contributed by atoms with E-state index in [1.807, 2.05) is 18.6 Å². The number of imidazole rings is 1. The van der Waals surface area contributed by atoms with Crippen molar-refractivity contribution in [1.29, 1.82) is 0 Å². The highest BCUT2D eigenvalue weighted by atomic mass is 32.1. The van der Waals surface area contributed by atoms with Crippen LogP contribution in [-0.4, -0.2) is 39.1 Å². The summed E-state index contributed by atoms with van der Waals surface area (Å²) in [6.07, 6.45) is 5.49. The molecule has 0 aliphatic heterocycles. The summed E-state index contributed by atoms with van der Waals surface area (Å²) in [5, 5.41) is 2.74. The Morgan fingerprint density at radius 2 is 2.00 bits per heavy atom. The zero-order chi connectivity index (χ0) is 21.8. The van der Waals surface area contributed by atoms with Gasteiger partial charge >= 0.3 is 0 Å². The van der Waals surface area contributed by atoms with Gasteiger partial charge in [0, 0.05) is 37.6 Å². The Kier molecular flexibility index (Phi) is 6.34. The van der Waals surface area contributed by atoms with Crippen molar-refractivity contribution in [1.82, 2.24) is 19.4 Å². The second kappa shape index (κ2) is 9.32. The quantitative estimate of drug-likeness (QED) is 0.307. The molecule has 0 radical (unpaired) electrons. The van der Waals surface area contributed by atoms with Gasteiger partial charge in [-0.05, 0) is 36.5 Å². The Bertz CT molecular complexity index is 1200. The molecule has 3 heterocycles. The highest BCUT2D eigenvalue weighted by molar-refractivity contribution is 7.22. The van der Waals surface area contributed by atoms with Crippen molar-refractivity contribution in [2.24, 2.45) is 5.18 Å². The molecular formula is C22H22FN5O2S. The number of hydrogen-bond donors (Lipinski definition) is 0. The lowest BCUT2D eigenvalue weighted by Gasteiger charge is -2.17. The number of rotatable bonds is 9. The minimum Gasteiger partial charge on any atom is -0.453 e. The van der Waals surface area contributed by atoms with E-state index in [9.17, 15) is 9.30 Å². The molecule has 0 N–H and O–H groups in total. The first kappa shape index (κ1) is 21.1. The van der Waals surface area contributed by atoms with Gasteiger partial charge in [0.05, 0.1) is 27.1 Å². The van der Waals surface area contributed by atoms with Crippen LogP contribution >= 0.6 is 11.3 Å². The van der Waals surface area contributed by atoms with Crippen molar-refractivity contribution in [2.75, 3.05) is 19.6 Å². The van der Waals surface area contributed by atoms with Crippen molar-refractivity contribution in [3.8, 4) is 22.1 Å². The third-order valence-electron chi connectivity index (χ3n) is 5.07. The van der Waals surface area contributed by atoms with E-state index in [0.717, 1.165) is 53.0 Å². The number of pyridine rings is 1. The third kappa shape index (κ3) is 4.62. The van der Waals surface area contributed by atoms with Gasteiger partial charge in [-0.3, -0.25) is 4.98 Å². The topological polar surface area (TPSA) is 72.6 Å². The molecule has 0 saturated carbocycles. The highest BCUT2D eigenvalue weighted by Crippen LogP contribution is 2.39. The number of benzene rings is 1. The lowest BCUT2D eigenvalue weighted by atomic mass is 10.3. The number of halogens is 1. The van der Waals surface area contributed by atoms with Crippen LogP contribution in [0.15, 0.2) is 54.2 Å². The summed E-state index contributed by atoms with van der Waals surface area (Å²) in [5.41, 5.74) is 1.63. The van der Waals surface area contributed by atoms with Crippen LogP contribution in [0.5, 0.6) is 11.5 Å². The monoisotopic (exact) mass is 439 g/mol. The van der Waals surface area contributed by atoms with E-state index in [1.165, 1.54) is 23.5 Å². The molecule has 0 unspecified atom stereocenters. The summed E-state index contributed by atoms with van der Waals surface area (Å²) in [4.78, 5) is 22.8. The Hall–Kier alpha value is -3.17. The molecule has 0 fully saturated rings. The van der Waals surface area contributed by atoms with Gasteiger partial charge in [-0.1, -0.05) is 13.8 Å². The molecule has 0 aliphatic rings. The molecule has 0 atom stereocenters. The van der Waals surface area contributed by atoms with E-state index < -0.39 is 5.82 Å². The number of fused-ring (bicyclic) bond motifs is 1. The molecule has 160 valence electrons. The summed E-state index contributed by atoms with van der Waals surface area (Å²) in [7, 11) is 0. The van der Waals surface area contributed by atoms with Crippen molar-refractivity contribution < 1.29 is 9.13 Å². The van der Waals surface area contributed by atoms with Gasteiger partial charge in [0.25, 0.3) is 0 Å². The molecule has 0 saturated heterocycles. The number of thiophene rings is 1. The molecule has 1 aromatic carbocycles. The van der Waals surface area contributed by atoms with Gasteiger partial charge in [0.2, 0.25) is 0 Å². The van der Waals surface area contributed by atoms with Crippen LogP contribution in [0.25, 0.3) is 20.8 Å². The van der Waals surface area contributed by atoms with Crippen LogP contribution < -0.4 is 4.74 Å². The fourth-order valence-corrected chi connectivity index (χ4v) is 4.30. The third-order valence-corrected chi connectivity index (χ3v) is 6.23. The van der Waals surface area contributed by atoms with Crippen LogP contribution in [0, 0.1) is 10.7 Å². The molecule has 0 aliphatic carbocycles. The molecule has 0 spiro atoms. The molecule has 0 bridgehead atoms. The number of aromatic nitrogens is 3. The van der Waals surface area contributed by atoms with Crippen molar-refractivity contribution in [3.63, 3.8) is 0 Å². The van der Waals surface area contributed by atoms with Gasteiger partial charge in [0.1, 0.15) is 11.4 Å². The van der Waals surface area contributed by atoms with Crippen LogP contribution in [0.3, 0.4) is 0 Å². The molecular weight excluding hydrogens is 417 g/mol. The van der Waals surface area contributed by atoms with Crippen molar-refractivity contribution in [2.45, 2.75) is 20.4 Å². The Morgan fingerprint density at radius 3 is 2.74 bits per heavy atom. The average Bonchev–Trinajstić information content (AvgIpc) is 3.43. The van der Waals surface area contributed by atoms with Gasteiger partial charge in [-0.2, -0.15) is 0 Å². The zero-order valence-corrected chi connectivity index (χ0v) is 18.1. The van der Waals surface area contributed by atoms with Crippen LogP contribution in [0.2, 0.25) is 0 Å². The first-order valence-electron chi connectivity index (χ1n) is 10.0. The molecule has 4 aromatic rings. The van der Waals surface area contributed by atoms with Crippen LogP contribution in [0.1, 0.15) is 13.8 Å². The summed E-state index contributed by atoms with van der Waals surface area (Å²) >= 11 is 1.49. The molecule has 4 rings (SSSR count). The fraction of sp³-hybridized carbons (Fsp3) is 0.273. The van der Waals surface area contributed by atoms with E-state index in [2.05, 4.69) is 38.5 Å². The molecule has 31 heavy (non-hydrogen) atoms. The smallest absolute Gasteiger partial charge is 0.167 e. The van der Waals surface area contributed by atoms with E-state index in [4.69, 9.17) is 4.74 Å². The Morgan fingerprint density at radius 1 is 1.16 bits per heavy atom. The standard InChI is InChI=1S/C22H22FN5O2S/c1-3-27(4-2)9-10-28-13-18(25-14-28)21-12-17-22(31-21)20(7-8-24-17)30-19-6-5-15(26-29)11-16(19)23/h5-8,11-14H,3-4,9-10H2,1-2H3. The minimum absolute atomic E-state index is 0.0136. The summed E-state index contributed by atoms with van der Waals surface area (Å²) in [6.45, 7) is 8.21. The second-order valence-corrected chi connectivity index (χ2v) is 8.02. The number of likely N-dealkylation sites (N-methyl/N-ethyl adjacent to an activating group) is 1. The predicted molar refractivity (Wildman–Crippen MR) is 121 cm³/mol. The van der Waals surface area contributed by atoms with E-state index in [1.54, 1.807) is 12.3 Å². The summed E-state index contributed by atoms with van der Waals surface area (Å²) < 4.78 is 22.9. The maximum Gasteiger partial charge on any atom is 0.167 e. The zero-order valence-electron chi connectivity index (χ0n) is 17.3. The lowest BCUT2D eigenvalue weighted by molar-refractivity contribution is 0.290. The van der Waals surface area contributed by atoms with Crippen LogP contribution in [-0.2, 0) is 6.54 Å². The van der Waals surface area contributed by atoms with E-state index >= 15 is 0 Å². The first-order chi connectivity index (χ1) is 15.1. The first-order valence-corrected chi connectivity index (χ1v) is 10.9. The largest absolute Gasteiger partial charge is 0.453 e. The van der Waals surface area contributed by atoms with Gasteiger partial charge in [0.15, 0.2) is 11.6 Å². The van der Waals surface area contributed by atoms with Crippen molar-refractivity contribution >= 4 is 27.2 Å². The average molecular weight is 440 g/mol. The van der Waals surface area contributed by atoms with Crippen molar-refractivity contribution in [3.05, 3.63) is 59.8 Å². The van der Waals surface area contributed by atoms with Gasteiger partial charge in [-0.25, -0.2) is 9.37 Å². The Labute approximate surface area is 183 Å². The van der Waals surface area contributed by atoms with E-state index in [-0.39, 0.29) is 11.4 Å². The fourth-order valence-electron chi connectivity index (χ4n) is 3.28. The minimum atomic E-state index is -0.647.